The van der Waals surface area contributed by atoms with Gasteiger partial charge in [0.25, 0.3) is 0 Å². The van der Waals surface area contributed by atoms with Gasteiger partial charge in [0.2, 0.25) is 0 Å². The molecular formula is C21H30O3. The van der Waals surface area contributed by atoms with Crippen LogP contribution in [0.15, 0.2) is 0 Å². The molecule has 3 heteroatoms. The quantitative estimate of drug-likeness (QED) is 0.684. The number of hydrogen-bond donors (Lipinski definition) is 0. The molecule has 0 bridgehead atoms. The van der Waals surface area contributed by atoms with Crippen LogP contribution in [0, 0.1) is 34.5 Å². The minimum atomic E-state index is -0.115. The second-order valence-corrected chi connectivity index (χ2v) is 9.97. The Labute approximate surface area is 144 Å². The highest BCUT2D eigenvalue weighted by atomic mass is 16.6. The standard InChI is InChI=1S/C21H30O3/c1-12(22)14-4-5-15-13-6-11-21-18(24-21)17(23)8-10-20(21,3)16(13)7-9-19(14,15)2/h13-16,18H,4-11H2,1-3H3/t13-,14-,15-,16-,18?,19+,20+,21?/m0/s1. The molecule has 24 heavy (non-hydrogen) atoms. The van der Waals surface area contributed by atoms with Crippen LogP contribution in [-0.2, 0) is 14.3 Å². The van der Waals surface area contributed by atoms with Gasteiger partial charge in [-0.15, -0.1) is 0 Å². The lowest BCUT2D eigenvalue weighted by Crippen LogP contribution is -2.58. The summed E-state index contributed by atoms with van der Waals surface area (Å²) in [5.74, 6) is 3.17. The molecular weight excluding hydrogens is 300 g/mol. The number of hydrogen-bond acceptors (Lipinski definition) is 3. The number of fused-ring (bicyclic) bond motifs is 4. The summed E-state index contributed by atoms with van der Waals surface area (Å²) in [5, 5.41) is 0. The molecule has 1 spiro atoms. The van der Waals surface area contributed by atoms with E-state index in [9.17, 15) is 9.59 Å². The van der Waals surface area contributed by atoms with E-state index in [0.717, 1.165) is 25.2 Å². The normalized spacial score (nSPS) is 58.3. The first kappa shape index (κ1) is 15.5. The molecule has 8 atom stereocenters. The van der Waals surface area contributed by atoms with Gasteiger partial charge < -0.3 is 4.74 Å². The van der Waals surface area contributed by atoms with E-state index in [1.807, 2.05) is 0 Å². The molecule has 0 N–H and O–H groups in total. The number of rotatable bonds is 1. The Morgan fingerprint density at radius 1 is 1.04 bits per heavy atom. The SMILES string of the molecule is CC(=O)[C@@H]1CC[C@H]2[C@@H]3CCC45OC4C(=O)CC[C@]5(C)[C@H]3CC[C@]12C. The van der Waals surface area contributed by atoms with Gasteiger partial charge >= 0.3 is 0 Å². The maximum Gasteiger partial charge on any atom is 0.164 e. The summed E-state index contributed by atoms with van der Waals surface area (Å²) in [4.78, 5) is 24.4. The lowest BCUT2D eigenvalue weighted by Gasteiger charge is -2.59. The summed E-state index contributed by atoms with van der Waals surface area (Å²) >= 11 is 0. The third-order valence-electron chi connectivity index (χ3n) is 9.44. The fourth-order valence-corrected chi connectivity index (χ4v) is 8.17. The first-order valence-corrected chi connectivity index (χ1v) is 10.0. The number of ketones is 2. The molecule has 4 aliphatic carbocycles. The van der Waals surface area contributed by atoms with Gasteiger partial charge in [0.15, 0.2) is 5.78 Å². The van der Waals surface area contributed by atoms with E-state index in [4.69, 9.17) is 4.74 Å². The smallest absolute Gasteiger partial charge is 0.164 e. The molecule has 132 valence electrons. The zero-order valence-electron chi connectivity index (χ0n) is 15.3. The molecule has 0 aromatic rings. The molecule has 1 saturated heterocycles. The highest BCUT2D eigenvalue weighted by Crippen LogP contribution is 2.72. The topological polar surface area (TPSA) is 46.7 Å². The van der Waals surface area contributed by atoms with Crippen LogP contribution < -0.4 is 0 Å². The maximum absolute atomic E-state index is 12.2. The molecule has 4 saturated carbocycles. The van der Waals surface area contributed by atoms with Crippen LogP contribution in [-0.4, -0.2) is 23.3 Å². The van der Waals surface area contributed by atoms with E-state index >= 15 is 0 Å². The van der Waals surface area contributed by atoms with Crippen LogP contribution in [0.2, 0.25) is 0 Å². The summed E-state index contributed by atoms with van der Waals surface area (Å²) in [6.07, 6.45) is 8.66. The highest BCUT2D eigenvalue weighted by Gasteiger charge is 2.76. The highest BCUT2D eigenvalue weighted by molar-refractivity contribution is 5.88. The van der Waals surface area contributed by atoms with Crippen molar-refractivity contribution in [2.75, 3.05) is 0 Å². The van der Waals surface area contributed by atoms with E-state index in [-0.39, 0.29) is 28.5 Å². The van der Waals surface area contributed by atoms with E-state index < -0.39 is 0 Å². The van der Waals surface area contributed by atoms with Crippen LogP contribution in [0.3, 0.4) is 0 Å². The Hall–Kier alpha value is -0.700. The molecule has 5 fully saturated rings. The minimum absolute atomic E-state index is 0.0842. The summed E-state index contributed by atoms with van der Waals surface area (Å²) in [6.45, 7) is 6.63. The van der Waals surface area contributed by atoms with E-state index in [0.29, 0.717) is 29.8 Å². The molecule has 1 heterocycles. The first-order valence-electron chi connectivity index (χ1n) is 10.0. The molecule has 0 amide bonds. The lowest BCUT2D eigenvalue weighted by molar-refractivity contribution is -0.137. The van der Waals surface area contributed by atoms with Crippen LogP contribution in [0.4, 0.5) is 0 Å². The average Bonchev–Trinajstić information content (AvgIpc) is 3.17. The third kappa shape index (κ3) is 1.59. The lowest BCUT2D eigenvalue weighted by atomic mass is 9.44. The van der Waals surface area contributed by atoms with Gasteiger partial charge in [-0.05, 0) is 75.0 Å². The van der Waals surface area contributed by atoms with Crippen molar-refractivity contribution in [3.05, 3.63) is 0 Å². The van der Waals surface area contributed by atoms with Crippen LogP contribution in [0.5, 0.6) is 0 Å². The number of carbonyl (C=O) groups is 2. The van der Waals surface area contributed by atoms with Crippen molar-refractivity contribution in [2.45, 2.75) is 83.8 Å². The first-order chi connectivity index (χ1) is 11.3. The Kier molecular flexibility index (Phi) is 2.93. The van der Waals surface area contributed by atoms with Gasteiger partial charge in [-0.2, -0.15) is 0 Å². The number of Topliss-reactive ketones (excluding diaryl/α,β-unsaturated/α-hetero) is 2. The molecule has 5 aliphatic rings. The minimum Gasteiger partial charge on any atom is -0.357 e. The molecule has 0 aromatic carbocycles. The fraction of sp³-hybridized carbons (Fsp3) is 0.905. The third-order valence-corrected chi connectivity index (χ3v) is 9.44. The molecule has 0 radical (unpaired) electrons. The van der Waals surface area contributed by atoms with Crippen molar-refractivity contribution in [3.63, 3.8) is 0 Å². The summed E-state index contributed by atoms with van der Waals surface area (Å²) in [6, 6.07) is 0. The zero-order valence-corrected chi connectivity index (χ0v) is 15.3. The van der Waals surface area contributed by atoms with Crippen molar-refractivity contribution in [3.8, 4) is 0 Å². The van der Waals surface area contributed by atoms with Crippen molar-refractivity contribution < 1.29 is 14.3 Å². The van der Waals surface area contributed by atoms with Crippen LogP contribution in [0.1, 0.15) is 72.1 Å². The van der Waals surface area contributed by atoms with E-state index in [1.54, 1.807) is 6.92 Å². The molecule has 1 aliphatic heterocycles. The van der Waals surface area contributed by atoms with Gasteiger partial charge in [-0.25, -0.2) is 0 Å². The zero-order chi connectivity index (χ0) is 16.9. The number of carbonyl (C=O) groups excluding carboxylic acids is 2. The molecule has 2 unspecified atom stereocenters. The van der Waals surface area contributed by atoms with E-state index in [2.05, 4.69) is 13.8 Å². The Morgan fingerprint density at radius 2 is 1.83 bits per heavy atom. The van der Waals surface area contributed by atoms with Gasteiger partial charge in [0, 0.05) is 17.8 Å². The second-order valence-electron chi connectivity index (χ2n) is 9.97. The van der Waals surface area contributed by atoms with Gasteiger partial charge in [0.05, 0.1) is 0 Å². The monoisotopic (exact) mass is 330 g/mol. The largest absolute Gasteiger partial charge is 0.357 e. The molecule has 0 aromatic heterocycles. The maximum atomic E-state index is 12.2. The predicted molar refractivity (Wildman–Crippen MR) is 90.4 cm³/mol. The molecule has 3 nitrogen and oxygen atoms in total. The number of epoxide rings is 1. The van der Waals surface area contributed by atoms with Crippen LogP contribution >= 0.6 is 0 Å². The van der Waals surface area contributed by atoms with Crippen LogP contribution in [0.25, 0.3) is 0 Å². The van der Waals surface area contributed by atoms with Crippen molar-refractivity contribution >= 4 is 11.6 Å². The fourth-order valence-electron chi connectivity index (χ4n) is 8.17. The summed E-state index contributed by atoms with van der Waals surface area (Å²) in [7, 11) is 0. The van der Waals surface area contributed by atoms with Gasteiger partial charge in [-0.3, -0.25) is 9.59 Å². The number of ether oxygens (including phenoxy) is 1. The second kappa shape index (κ2) is 4.52. The van der Waals surface area contributed by atoms with Gasteiger partial charge in [-0.1, -0.05) is 13.8 Å². The van der Waals surface area contributed by atoms with E-state index in [1.165, 1.54) is 25.7 Å². The van der Waals surface area contributed by atoms with Crippen molar-refractivity contribution in [1.29, 1.82) is 0 Å². The average molecular weight is 330 g/mol. The predicted octanol–water partition coefficient (Wildman–Crippen LogP) is 3.93. The van der Waals surface area contributed by atoms with Gasteiger partial charge in [0.1, 0.15) is 17.5 Å². The Balaban J connectivity index is 1.49. The summed E-state index contributed by atoms with van der Waals surface area (Å²) < 4.78 is 6.13. The molecule has 5 rings (SSSR count). The Morgan fingerprint density at radius 3 is 2.58 bits per heavy atom. The van der Waals surface area contributed by atoms with Crippen molar-refractivity contribution in [2.24, 2.45) is 34.5 Å². The van der Waals surface area contributed by atoms with Crippen molar-refractivity contribution in [1.82, 2.24) is 0 Å². The summed E-state index contributed by atoms with van der Waals surface area (Å²) in [5.41, 5.74) is 0.294. The Bertz CT molecular complexity index is 627.